The number of fused-ring (bicyclic) bond motifs is 1. The first-order valence-corrected chi connectivity index (χ1v) is 8.94. The fourth-order valence-corrected chi connectivity index (χ4v) is 3.29. The van der Waals surface area contributed by atoms with E-state index >= 15 is 0 Å². The van der Waals surface area contributed by atoms with Crippen LogP contribution in [0.25, 0.3) is 28.0 Å². The monoisotopic (exact) mass is 376 g/mol. The minimum atomic E-state index is -0.194. The fourth-order valence-electron chi connectivity index (χ4n) is 3.29. The van der Waals surface area contributed by atoms with Crippen molar-refractivity contribution >= 4 is 5.65 Å². The Labute approximate surface area is 161 Å². The number of hydrogen-bond acceptors (Lipinski definition) is 5. The number of nitrogens with one attached hydrogen (secondary N) is 1. The number of H-pyrrole nitrogens is 1. The van der Waals surface area contributed by atoms with Crippen LogP contribution in [0.2, 0.25) is 0 Å². The van der Waals surface area contributed by atoms with Gasteiger partial charge in [-0.2, -0.15) is 0 Å². The van der Waals surface area contributed by atoms with Gasteiger partial charge in [-0.1, -0.05) is 19.1 Å². The van der Waals surface area contributed by atoms with Crippen molar-refractivity contribution in [3.63, 3.8) is 0 Å². The van der Waals surface area contributed by atoms with E-state index in [1.807, 2.05) is 37.3 Å². The van der Waals surface area contributed by atoms with Crippen molar-refractivity contribution in [3.05, 3.63) is 64.7 Å². The second-order valence-electron chi connectivity index (χ2n) is 6.25. The van der Waals surface area contributed by atoms with Crippen molar-refractivity contribution in [1.82, 2.24) is 19.6 Å². The summed E-state index contributed by atoms with van der Waals surface area (Å²) >= 11 is 0. The largest absolute Gasteiger partial charge is 0.497 e. The van der Waals surface area contributed by atoms with E-state index in [1.165, 1.54) is 10.6 Å². The van der Waals surface area contributed by atoms with Crippen LogP contribution in [0.3, 0.4) is 0 Å². The lowest BCUT2D eigenvalue weighted by molar-refractivity contribution is 0.399. The second kappa shape index (κ2) is 7.19. The summed E-state index contributed by atoms with van der Waals surface area (Å²) in [4.78, 5) is 21.8. The summed E-state index contributed by atoms with van der Waals surface area (Å²) in [6.45, 7) is 2.04. The molecule has 1 aromatic carbocycles. The highest BCUT2D eigenvalue weighted by Crippen LogP contribution is 2.31. The molecule has 7 nitrogen and oxygen atoms in total. The van der Waals surface area contributed by atoms with Crippen molar-refractivity contribution in [1.29, 1.82) is 0 Å². The summed E-state index contributed by atoms with van der Waals surface area (Å²) in [5.74, 6) is 1.20. The van der Waals surface area contributed by atoms with Crippen molar-refractivity contribution < 1.29 is 9.47 Å². The number of rotatable bonds is 5. The lowest BCUT2D eigenvalue weighted by atomic mass is 10.0. The van der Waals surface area contributed by atoms with E-state index in [1.54, 1.807) is 26.5 Å². The molecule has 4 aromatic rings. The van der Waals surface area contributed by atoms with Crippen molar-refractivity contribution in [3.8, 4) is 34.0 Å². The Morgan fingerprint density at radius 1 is 1.11 bits per heavy atom. The molecule has 28 heavy (non-hydrogen) atoms. The molecule has 0 saturated carbocycles. The Bertz CT molecular complexity index is 1190. The zero-order valence-corrected chi connectivity index (χ0v) is 15.9. The maximum absolute atomic E-state index is 12.8. The Morgan fingerprint density at radius 3 is 2.57 bits per heavy atom. The topological polar surface area (TPSA) is 81.5 Å². The molecule has 4 rings (SSSR count). The van der Waals surface area contributed by atoms with E-state index in [-0.39, 0.29) is 5.56 Å². The van der Waals surface area contributed by atoms with E-state index in [2.05, 4.69) is 10.1 Å². The highest BCUT2D eigenvalue weighted by molar-refractivity contribution is 5.81. The third-order valence-electron chi connectivity index (χ3n) is 4.66. The van der Waals surface area contributed by atoms with Gasteiger partial charge in [0.05, 0.1) is 25.5 Å². The van der Waals surface area contributed by atoms with Gasteiger partial charge in [-0.05, 0) is 36.2 Å². The van der Waals surface area contributed by atoms with Crippen LogP contribution < -0.4 is 15.0 Å². The number of pyridine rings is 1. The third kappa shape index (κ3) is 2.90. The van der Waals surface area contributed by atoms with Crippen molar-refractivity contribution in [2.45, 2.75) is 13.3 Å². The lowest BCUT2D eigenvalue weighted by Crippen LogP contribution is -2.14. The summed E-state index contributed by atoms with van der Waals surface area (Å²) < 4.78 is 12.1. The summed E-state index contributed by atoms with van der Waals surface area (Å²) in [6.07, 6.45) is 2.37. The van der Waals surface area contributed by atoms with Crippen LogP contribution in [0.5, 0.6) is 11.6 Å². The molecule has 0 atom stereocenters. The number of benzene rings is 1. The summed E-state index contributed by atoms with van der Waals surface area (Å²) in [5.41, 5.74) is 4.35. The Balaban J connectivity index is 1.99. The van der Waals surface area contributed by atoms with Crippen LogP contribution in [-0.4, -0.2) is 33.8 Å². The number of methoxy groups -OCH3 is 2. The van der Waals surface area contributed by atoms with Gasteiger partial charge in [0.25, 0.3) is 5.56 Å². The number of nitrogens with zero attached hydrogens (tertiary/aromatic N) is 3. The molecule has 0 aliphatic rings. The smallest absolute Gasteiger partial charge is 0.273 e. The van der Waals surface area contributed by atoms with Gasteiger partial charge in [-0.25, -0.2) is 14.5 Å². The maximum atomic E-state index is 12.8. The van der Waals surface area contributed by atoms with Crippen LogP contribution >= 0.6 is 0 Å². The first kappa shape index (κ1) is 17.8. The number of aromatic nitrogens is 4. The zero-order valence-electron chi connectivity index (χ0n) is 15.9. The zero-order chi connectivity index (χ0) is 19.7. The Morgan fingerprint density at radius 2 is 1.89 bits per heavy atom. The fraction of sp³-hybridized carbons (Fsp3) is 0.190. The van der Waals surface area contributed by atoms with Gasteiger partial charge >= 0.3 is 0 Å². The number of ether oxygens (including phenoxy) is 2. The van der Waals surface area contributed by atoms with E-state index in [0.717, 1.165) is 29.0 Å². The molecule has 0 fully saturated rings. The molecule has 0 radical (unpaired) electrons. The molecular weight excluding hydrogens is 356 g/mol. The predicted molar refractivity (Wildman–Crippen MR) is 107 cm³/mol. The lowest BCUT2D eigenvalue weighted by Gasteiger charge is -2.07. The van der Waals surface area contributed by atoms with Gasteiger partial charge < -0.3 is 9.47 Å². The van der Waals surface area contributed by atoms with Crippen LogP contribution in [0.15, 0.2) is 53.5 Å². The molecule has 142 valence electrons. The molecule has 3 aromatic heterocycles. The molecule has 7 heteroatoms. The highest BCUT2D eigenvalue weighted by atomic mass is 16.5. The molecule has 1 N–H and O–H groups in total. The van der Waals surface area contributed by atoms with Gasteiger partial charge in [-0.15, -0.1) is 0 Å². The van der Waals surface area contributed by atoms with Crippen LogP contribution in [-0.2, 0) is 6.42 Å². The van der Waals surface area contributed by atoms with Crippen molar-refractivity contribution in [2.75, 3.05) is 14.2 Å². The molecule has 3 heterocycles. The molecular formula is C21H20N4O3. The summed E-state index contributed by atoms with van der Waals surface area (Å²) in [5, 5.41) is 3.18. The maximum Gasteiger partial charge on any atom is 0.273 e. The first-order chi connectivity index (χ1) is 13.7. The van der Waals surface area contributed by atoms with Crippen LogP contribution in [0.1, 0.15) is 12.6 Å². The average molecular weight is 376 g/mol. The van der Waals surface area contributed by atoms with E-state index in [9.17, 15) is 4.79 Å². The van der Waals surface area contributed by atoms with Crippen LogP contribution in [0.4, 0.5) is 0 Å². The Kier molecular flexibility index (Phi) is 4.57. The molecule has 0 saturated heterocycles. The quantitative estimate of drug-likeness (QED) is 0.578. The summed E-state index contributed by atoms with van der Waals surface area (Å²) in [6, 6.07) is 12.8. The SMILES string of the molecule is CCc1[nH]n2c(=O)cc(-c3cccnc3OC)nc2c1-c1ccc(OC)cc1. The van der Waals surface area contributed by atoms with E-state index in [0.29, 0.717) is 22.8 Å². The molecule has 0 aliphatic carbocycles. The highest BCUT2D eigenvalue weighted by Gasteiger charge is 2.18. The van der Waals surface area contributed by atoms with E-state index < -0.39 is 0 Å². The number of aromatic amines is 1. The number of hydrogen-bond donors (Lipinski definition) is 1. The van der Waals surface area contributed by atoms with Gasteiger partial charge in [-0.3, -0.25) is 9.89 Å². The molecule has 0 bridgehead atoms. The number of aryl methyl sites for hydroxylation is 1. The third-order valence-corrected chi connectivity index (χ3v) is 4.66. The first-order valence-electron chi connectivity index (χ1n) is 8.94. The van der Waals surface area contributed by atoms with Crippen molar-refractivity contribution in [2.24, 2.45) is 0 Å². The van der Waals surface area contributed by atoms with Gasteiger partial charge in [0.15, 0.2) is 5.65 Å². The molecule has 0 unspecified atom stereocenters. The van der Waals surface area contributed by atoms with Crippen LogP contribution in [0, 0.1) is 0 Å². The van der Waals surface area contributed by atoms with E-state index in [4.69, 9.17) is 14.5 Å². The normalized spacial score (nSPS) is 11.0. The molecule has 0 aliphatic heterocycles. The average Bonchev–Trinajstić information content (AvgIpc) is 3.13. The van der Waals surface area contributed by atoms with Gasteiger partial charge in [0, 0.05) is 23.5 Å². The summed E-state index contributed by atoms with van der Waals surface area (Å²) in [7, 11) is 3.18. The minimum Gasteiger partial charge on any atom is -0.497 e. The standard InChI is InChI=1S/C21H20N4O3/c1-4-16-19(13-7-9-14(27-2)10-8-13)20-23-17(12-18(26)25(20)24-16)15-6-5-11-22-21(15)28-3/h5-12,24H,4H2,1-3H3. The Hall–Kier alpha value is -3.61. The van der Waals surface area contributed by atoms with Gasteiger partial charge in [0.2, 0.25) is 5.88 Å². The van der Waals surface area contributed by atoms with Gasteiger partial charge in [0.1, 0.15) is 5.75 Å². The molecule has 0 amide bonds. The minimum absolute atomic E-state index is 0.194. The molecule has 0 spiro atoms. The predicted octanol–water partition coefficient (Wildman–Crippen LogP) is 3.33. The second-order valence-corrected chi connectivity index (χ2v) is 6.25.